The van der Waals surface area contributed by atoms with Crippen molar-refractivity contribution in [1.82, 2.24) is 5.32 Å². The van der Waals surface area contributed by atoms with E-state index in [9.17, 15) is 4.79 Å². The first-order valence-corrected chi connectivity index (χ1v) is 10.1. The molecule has 1 N–H and O–H groups in total. The fourth-order valence-corrected chi connectivity index (χ4v) is 5.26. The van der Waals surface area contributed by atoms with E-state index in [-0.39, 0.29) is 11.3 Å². The molecule has 0 aromatic rings. The van der Waals surface area contributed by atoms with E-state index in [1.54, 1.807) is 0 Å². The van der Waals surface area contributed by atoms with Gasteiger partial charge in [-0.3, -0.25) is 4.79 Å². The lowest BCUT2D eigenvalue weighted by atomic mass is 9.67. The molecule has 3 heteroatoms. The van der Waals surface area contributed by atoms with Crippen LogP contribution in [0.3, 0.4) is 0 Å². The molecule has 2 saturated carbocycles. The molecule has 0 aliphatic heterocycles. The molecule has 2 aliphatic rings. The van der Waals surface area contributed by atoms with Crippen LogP contribution in [0.5, 0.6) is 0 Å². The van der Waals surface area contributed by atoms with Crippen molar-refractivity contribution in [2.75, 3.05) is 11.9 Å². The van der Waals surface area contributed by atoms with Crippen LogP contribution in [0.4, 0.5) is 0 Å². The Morgan fingerprint density at radius 1 is 1.10 bits per heavy atom. The summed E-state index contributed by atoms with van der Waals surface area (Å²) in [4.78, 5) is 12.5. The highest BCUT2D eigenvalue weighted by atomic mass is 79.9. The third kappa shape index (κ3) is 4.24. The van der Waals surface area contributed by atoms with Crippen LogP contribution < -0.4 is 5.32 Å². The Balaban J connectivity index is 1.83. The average molecular weight is 358 g/mol. The molecule has 1 amide bonds. The van der Waals surface area contributed by atoms with Crippen LogP contribution in [-0.2, 0) is 4.79 Å². The van der Waals surface area contributed by atoms with Crippen molar-refractivity contribution in [3.8, 4) is 0 Å². The molecule has 0 aromatic heterocycles. The third-order valence-corrected chi connectivity index (χ3v) is 7.52. The van der Waals surface area contributed by atoms with Gasteiger partial charge in [-0.15, -0.1) is 0 Å². The molecule has 0 radical (unpaired) electrons. The summed E-state index contributed by atoms with van der Waals surface area (Å²) in [6.07, 6.45) is 11.4. The monoisotopic (exact) mass is 357 g/mol. The van der Waals surface area contributed by atoms with Gasteiger partial charge in [0.05, 0.1) is 0 Å². The minimum Gasteiger partial charge on any atom is -0.355 e. The Labute approximate surface area is 139 Å². The number of hydrogen-bond donors (Lipinski definition) is 1. The molecular weight excluding hydrogens is 326 g/mol. The number of hydrogen-bond acceptors (Lipinski definition) is 1. The molecule has 0 aromatic carbocycles. The minimum absolute atomic E-state index is 0.234. The fourth-order valence-electron chi connectivity index (χ4n) is 4.27. The minimum atomic E-state index is 0.234. The Morgan fingerprint density at radius 2 is 1.76 bits per heavy atom. The van der Waals surface area contributed by atoms with Gasteiger partial charge >= 0.3 is 0 Å². The zero-order valence-corrected chi connectivity index (χ0v) is 15.4. The summed E-state index contributed by atoms with van der Waals surface area (Å²) in [5, 5.41) is 4.25. The molecule has 0 spiro atoms. The van der Waals surface area contributed by atoms with E-state index in [1.807, 2.05) is 0 Å². The molecule has 0 heterocycles. The number of carbonyl (C=O) groups excluding carboxylic acids is 1. The summed E-state index contributed by atoms with van der Waals surface area (Å²) in [6, 6.07) is 0. The maximum absolute atomic E-state index is 12.5. The number of rotatable bonds is 6. The quantitative estimate of drug-likeness (QED) is 0.672. The van der Waals surface area contributed by atoms with Gasteiger partial charge < -0.3 is 5.32 Å². The highest BCUT2D eigenvalue weighted by Crippen LogP contribution is 2.42. The summed E-state index contributed by atoms with van der Waals surface area (Å²) in [7, 11) is 0. The molecule has 2 nitrogen and oxygen atoms in total. The topological polar surface area (TPSA) is 29.1 Å². The number of halogens is 1. The van der Waals surface area contributed by atoms with Crippen molar-refractivity contribution in [3.05, 3.63) is 0 Å². The Bertz CT molecular complexity index is 332. The van der Waals surface area contributed by atoms with E-state index >= 15 is 0 Å². The lowest BCUT2D eigenvalue weighted by Crippen LogP contribution is -2.43. The standard InChI is InChI=1S/C18H32BrNO/c1-3-18(4-2,12-19)13-20-17(21)16-10-9-14-7-5-6-8-15(14)11-16/h14-16H,3-13H2,1-2H3,(H,20,21). The van der Waals surface area contributed by atoms with Crippen LogP contribution in [0.15, 0.2) is 0 Å². The van der Waals surface area contributed by atoms with Crippen molar-refractivity contribution in [2.45, 2.75) is 71.6 Å². The van der Waals surface area contributed by atoms with Gasteiger partial charge in [0, 0.05) is 17.8 Å². The van der Waals surface area contributed by atoms with Crippen molar-refractivity contribution in [1.29, 1.82) is 0 Å². The molecule has 0 saturated heterocycles. The van der Waals surface area contributed by atoms with Gasteiger partial charge in [0.15, 0.2) is 0 Å². The predicted molar refractivity (Wildman–Crippen MR) is 92.6 cm³/mol. The Hall–Kier alpha value is -0.0500. The highest BCUT2D eigenvalue weighted by Gasteiger charge is 2.35. The summed E-state index contributed by atoms with van der Waals surface area (Å²) in [5.41, 5.74) is 0.234. The van der Waals surface area contributed by atoms with Crippen LogP contribution in [-0.4, -0.2) is 17.8 Å². The Morgan fingerprint density at radius 3 is 2.38 bits per heavy atom. The summed E-state index contributed by atoms with van der Waals surface area (Å²) < 4.78 is 0. The number of carbonyl (C=O) groups is 1. The number of fused-ring (bicyclic) bond motifs is 1. The zero-order chi connectivity index (χ0) is 15.3. The van der Waals surface area contributed by atoms with Crippen LogP contribution in [0.2, 0.25) is 0 Å². The lowest BCUT2D eigenvalue weighted by Gasteiger charge is -2.39. The smallest absolute Gasteiger partial charge is 0.223 e. The van der Waals surface area contributed by atoms with Crippen molar-refractivity contribution in [2.24, 2.45) is 23.2 Å². The van der Waals surface area contributed by atoms with E-state index < -0.39 is 0 Å². The first-order chi connectivity index (χ1) is 10.1. The first kappa shape index (κ1) is 17.3. The first-order valence-electron chi connectivity index (χ1n) is 8.97. The van der Waals surface area contributed by atoms with Gasteiger partial charge in [-0.25, -0.2) is 0 Å². The van der Waals surface area contributed by atoms with E-state index in [0.717, 1.165) is 49.4 Å². The van der Waals surface area contributed by atoms with Gasteiger partial charge in [-0.1, -0.05) is 55.5 Å². The largest absolute Gasteiger partial charge is 0.355 e. The van der Waals surface area contributed by atoms with E-state index in [1.165, 1.54) is 32.1 Å². The van der Waals surface area contributed by atoms with Gasteiger partial charge in [-0.2, -0.15) is 0 Å². The van der Waals surface area contributed by atoms with Crippen LogP contribution >= 0.6 is 15.9 Å². The van der Waals surface area contributed by atoms with Crippen LogP contribution in [0.1, 0.15) is 71.6 Å². The second kappa shape index (κ2) is 7.99. The van der Waals surface area contributed by atoms with Gasteiger partial charge in [-0.05, 0) is 49.4 Å². The predicted octanol–water partition coefficient (Wildman–Crippen LogP) is 4.91. The number of amides is 1. The van der Waals surface area contributed by atoms with Crippen molar-refractivity contribution in [3.63, 3.8) is 0 Å². The summed E-state index contributed by atoms with van der Waals surface area (Å²) in [6.45, 7) is 5.28. The number of alkyl halides is 1. The molecule has 2 rings (SSSR count). The van der Waals surface area contributed by atoms with Gasteiger partial charge in [0.25, 0.3) is 0 Å². The molecule has 2 fully saturated rings. The summed E-state index contributed by atoms with van der Waals surface area (Å²) >= 11 is 3.63. The van der Waals surface area contributed by atoms with E-state index in [4.69, 9.17) is 0 Å². The molecular formula is C18H32BrNO. The number of nitrogens with one attached hydrogen (secondary N) is 1. The molecule has 0 bridgehead atoms. The SMILES string of the molecule is CCC(CC)(CBr)CNC(=O)C1CCC2CCCCC2C1. The molecule has 2 aliphatic carbocycles. The zero-order valence-electron chi connectivity index (χ0n) is 13.8. The highest BCUT2D eigenvalue weighted by molar-refractivity contribution is 9.09. The van der Waals surface area contributed by atoms with Crippen molar-refractivity contribution >= 4 is 21.8 Å². The maximum atomic E-state index is 12.5. The van der Waals surface area contributed by atoms with Crippen molar-refractivity contribution < 1.29 is 4.79 Å². The molecule has 3 unspecified atom stereocenters. The molecule has 3 atom stereocenters. The van der Waals surface area contributed by atoms with E-state index in [0.29, 0.717) is 5.91 Å². The molecule has 122 valence electrons. The summed E-state index contributed by atoms with van der Waals surface area (Å²) in [5.74, 6) is 2.37. The van der Waals surface area contributed by atoms with Crippen LogP contribution in [0, 0.1) is 23.2 Å². The maximum Gasteiger partial charge on any atom is 0.223 e. The van der Waals surface area contributed by atoms with Gasteiger partial charge in [0.1, 0.15) is 0 Å². The normalized spacial score (nSPS) is 29.8. The molecule has 21 heavy (non-hydrogen) atoms. The van der Waals surface area contributed by atoms with Crippen LogP contribution in [0.25, 0.3) is 0 Å². The fraction of sp³-hybridized carbons (Fsp3) is 0.944. The average Bonchev–Trinajstić information content (AvgIpc) is 2.56. The second-order valence-electron chi connectivity index (χ2n) is 7.37. The third-order valence-electron chi connectivity index (χ3n) is 6.33. The van der Waals surface area contributed by atoms with E-state index in [2.05, 4.69) is 35.1 Å². The van der Waals surface area contributed by atoms with Gasteiger partial charge in [0.2, 0.25) is 5.91 Å². The Kier molecular flexibility index (Phi) is 6.58. The lowest BCUT2D eigenvalue weighted by molar-refractivity contribution is -0.127. The second-order valence-corrected chi connectivity index (χ2v) is 7.93.